The van der Waals surface area contributed by atoms with Crippen molar-refractivity contribution in [2.24, 2.45) is 0 Å². The number of nitrogens with one attached hydrogen (secondary N) is 1. The highest BCUT2D eigenvalue weighted by atomic mass is 35.5. The Morgan fingerprint density at radius 2 is 2.29 bits per heavy atom. The first-order chi connectivity index (χ1) is 9.97. The maximum atomic E-state index is 13.7. The Kier molecular flexibility index (Phi) is 4.98. The van der Waals surface area contributed by atoms with Gasteiger partial charge in [0.15, 0.2) is 5.82 Å². The van der Waals surface area contributed by atoms with Crippen LogP contribution in [-0.2, 0) is 9.53 Å². The van der Waals surface area contributed by atoms with Crippen molar-refractivity contribution in [3.05, 3.63) is 29.0 Å². The number of carboxylic acids is 1. The van der Waals surface area contributed by atoms with Crippen molar-refractivity contribution in [2.75, 3.05) is 25.0 Å². The molecule has 2 N–H and O–H groups in total. The van der Waals surface area contributed by atoms with Crippen LogP contribution in [-0.4, -0.2) is 47.8 Å². The standard InChI is InChI=1S/C13H14ClFN2O4/c14-9-2-1-3-10(12(9)15)16-13(20)17-4-5-21-8(7-17)6-11(18)19/h1-3,8H,4-7H2,(H,16,20)(H,18,19). The average molecular weight is 317 g/mol. The van der Waals surface area contributed by atoms with E-state index >= 15 is 0 Å². The highest BCUT2D eigenvalue weighted by Gasteiger charge is 2.26. The average Bonchev–Trinajstić information content (AvgIpc) is 2.43. The minimum atomic E-state index is -0.997. The van der Waals surface area contributed by atoms with Crippen LogP contribution in [0.2, 0.25) is 5.02 Å². The highest BCUT2D eigenvalue weighted by molar-refractivity contribution is 6.31. The van der Waals surface area contributed by atoms with Gasteiger partial charge in [-0.25, -0.2) is 9.18 Å². The lowest BCUT2D eigenvalue weighted by atomic mass is 10.2. The lowest BCUT2D eigenvalue weighted by Gasteiger charge is -2.32. The zero-order valence-electron chi connectivity index (χ0n) is 11.0. The molecular weight excluding hydrogens is 303 g/mol. The molecule has 1 aromatic rings. The van der Waals surface area contributed by atoms with E-state index in [1.165, 1.54) is 23.1 Å². The molecule has 1 unspecified atom stereocenters. The van der Waals surface area contributed by atoms with Crippen molar-refractivity contribution in [3.63, 3.8) is 0 Å². The van der Waals surface area contributed by atoms with Crippen molar-refractivity contribution in [2.45, 2.75) is 12.5 Å². The molecule has 114 valence electrons. The molecule has 8 heteroatoms. The molecule has 0 bridgehead atoms. The summed E-state index contributed by atoms with van der Waals surface area (Å²) < 4.78 is 19.0. The second-order valence-electron chi connectivity index (χ2n) is 4.57. The Hall–Kier alpha value is -1.86. The number of ether oxygens (including phenoxy) is 1. The molecule has 2 rings (SSSR count). The number of nitrogens with zero attached hydrogens (tertiary/aromatic N) is 1. The monoisotopic (exact) mass is 316 g/mol. The molecule has 0 aromatic heterocycles. The summed E-state index contributed by atoms with van der Waals surface area (Å²) in [5, 5.41) is 11.1. The van der Waals surface area contributed by atoms with Crippen molar-refractivity contribution in [1.82, 2.24) is 4.90 Å². The number of amides is 2. The molecule has 6 nitrogen and oxygen atoms in total. The first-order valence-electron chi connectivity index (χ1n) is 6.30. The summed E-state index contributed by atoms with van der Waals surface area (Å²) in [6.45, 7) is 0.688. The number of hydrogen-bond donors (Lipinski definition) is 2. The van der Waals surface area contributed by atoms with Crippen LogP contribution in [0.15, 0.2) is 18.2 Å². The van der Waals surface area contributed by atoms with Crippen LogP contribution in [0, 0.1) is 5.82 Å². The van der Waals surface area contributed by atoms with Gasteiger partial charge in [-0.15, -0.1) is 0 Å². The van der Waals surface area contributed by atoms with Gasteiger partial charge in [0.2, 0.25) is 0 Å². The molecular formula is C13H14ClFN2O4. The highest BCUT2D eigenvalue weighted by Crippen LogP contribution is 2.22. The van der Waals surface area contributed by atoms with Crippen LogP contribution >= 0.6 is 11.6 Å². The summed E-state index contributed by atoms with van der Waals surface area (Å²) in [5.41, 5.74) is -0.0197. The SMILES string of the molecule is O=C(O)CC1CN(C(=O)Nc2cccc(Cl)c2F)CCO1. The first kappa shape index (κ1) is 15.5. The minimum absolute atomic E-state index is 0.0197. The van der Waals surface area contributed by atoms with Crippen LogP contribution in [0.25, 0.3) is 0 Å². The Bertz CT molecular complexity index is 555. The summed E-state index contributed by atoms with van der Waals surface area (Å²) in [4.78, 5) is 24.1. The lowest BCUT2D eigenvalue weighted by molar-refractivity contribution is -0.141. The van der Waals surface area contributed by atoms with E-state index in [-0.39, 0.29) is 30.3 Å². The molecule has 0 aliphatic carbocycles. The van der Waals surface area contributed by atoms with E-state index in [9.17, 15) is 14.0 Å². The summed E-state index contributed by atoms with van der Waals surface area (Å²) in [6.07, 6.45) is -0.749. The van der Waals surface area contributed by atoms with Crippen LogP contribution in [0.3, 0.4) is 0 Å². The third kappa shape index (κ3) is 4.05. The molecule has 1 aliphatic rings. The van der Waals surface area contributed by atoms with E-state index in [1.807, 2.05) is 0 Å². The molecule has 1 fully saturated rings. The smallest absolute Gasteiger partial charge is 0.322 e. The molecule has 1 saturated heterocycles. The molecule has 0 spiro atoms. The number of urea groups is 1. The first-order valence-corrected chi connectivity index (χ1v) is 6.68. The van der Waals surface area contributed by atoms with Gasteiger partial charge in [-0.2, -0.15) is 0 Å². The quantitative estimate of drug-likeness (QED) is 0.896. The Labute approximate surface area is 125 Å². The second-order valence-corrected chi connectivity index (χ2v) is 4.98. The topological polar surface area (TPSA) is 78.9 Å². The summed E-state index contributed by atoms with van der Waals surface area (Å²) in [6, 6.07) is 3.78. The van der Waals surface area contributed by atoms with Gasteiger partial charge in [0.25, 0.3) is 0 Å². The van der Waals surface area contributed by atoms with Crippen molar-refractivity contribution in [1.29, 1.82) is 0 Å². The van der Waals surface area contributed by atoms with Gasteiger partial charge in [0.05, 0.1) is 29.8 Å². The van der Waals surface area contributed by atoms with E-state index in [2.05, 4.69) is 5.32 Å². The van der Waals surface area contributed by atoms with Gasteiger partial charge in [-0.1, -0.05) is 17.7 Å². The molecule has 1 heterocycles. The Morgan fingerprint density at radius 3 is 3.00 bits per heavy atom. The number of carbonyl (C=O) groups excluding carboxylic acids is 1. The molecule has 21 heavy (non-hydrogen) atoms. The summed E-state index contributed by atoms with van der Waals surface area (Å²) in [5.74, 6) is -1.70. The number of anilines is 1. The van der Waals surface area contributed by atoms with Crippen molar-refractivity contribution >= 4 is 29.3 Å². The summed E-state index contributed by atoms with van der Waals surface area (Å²) >= 11 is 5.64. The number of carboxylic acid groups (broad SMARTS) is 1. The normalized spacial score (nSPS) is 18.4. The molecule has 0 saturated carbocycles. The number of benzene rings is 1. The maximum absolute atomic E-state index is 13.7. The predicted octanol–water partition coefficient (Wildman–Crippen LogP) is 2.19. The fourth-order valence-electron chi connectivity index (χ4n) is 2.02. The fraction of sp³-hybridized carbons (Fsp3) is 0.385. The molecule has 1 atom stereocenters. The minimum Gasteiger partial charge on any atom is -0.481 e. The molecule has 0 radical (unpaired) electrons. The second kappa shape index (κ2) is 6.73. The van der Waals surface area contributed by atoms with Crippen molar-refractivity contribution < 1.29 is 23.8 Å². The maximum Gasteiger partial charge on any atom is 0.322 e. The number of morpholine rings is 1. The Morgan fingerprint density at radius 1 is 1.52 bits per heavy atom. The zero-order chi connectivity index (χ0) is 15.4. The van der Waals surface area contributed by atoms with E-state index in [0.717, 1.165) is 0 Å². The number of hydrogen-bond acceptors (Lipinski definition) is 3. The molecule has 1 aromatic carbocycles. The predicted molar refractivity (Wildman–Crippen MR) is 74.0 cm³/mol. The number of carbonyl (C=O) groups is 2. The van der Waals surface area contributed by atoms with Gasteiger partial charge in [0.1, 0.15) is 0 Å². The summed E-state index contributed by atoms with van der Waals surface area (Å²) in [7, 11) is 0. The van der Waals surface area contributed by atoms with Crippen LogP contribution in [0.5, 0.6) is 0 Å². The van der Waals surface area contributed by atoms with Gasteiger partial charge in [0, 0.05) is 13.1 Å². The number of halogens is 2. The third-order valence-electron chi connectivity index (χ3n) is 3.02. The third-order valence-corrected chi connectivity index (χ3v) is 3.31. The van der Waals surface area contributed by atoms with Gasteiger partial charge in [-0.3, -0.25) is 4.79 Å². The van der Waals surface area contributed by atoms with Crippen molar-refractivity contribution in [3.8, 4) is 0 Å². The van der Waals surface area contributed by atoms with Crippen LogP contribution in [0.1, 0.15) is 6.42 Å². The largest absolute Gasteiger partial charge is 0.481 e. The zero-order valence-corrected chi connectivity index (χ0v) is 11.8. The van der Waals surface area contributed by atoms with Crippen LogP contribution < -0.4 is 5.32 Å². The van der Waals surface area contributed by atoms with Gasteiger partial charge < -0.3 is 20.1 Å². The van der Waals surface area contributed by atoms with E-state index in [1.54, 1.807) is 0 Å². The Balaban J connectivity index is 1.99. The van der Waals surface area contributed by atoms with E-state index in [0.29, 0.717) is 6.54 Å². The van der Waals surface area contributed by atoms with Crippen LogP contribution in [0.4, 0.5) is 14.9 Å². The van der Waals surface area contributed by atoms with Gasteiger partial charge >= 0.3 is 12.0 Å². The molecule has 2 amide bonds. The van der Waals surface area contributed by atoms with Gasteiger partial charge in [-0.05, 0) is 12.1 Å². The van der Waals surface area contributed by atoms with E-state index < -0.39 is 23.9 Å². The fourth-order valence-corrected chi connectivity index (χ4v) is 2.19. The lowest BCUT2D eigenvalue weighted by Crippen LogP contribution is -2.48. The number of aliphatic carboxylic acids is 1. The molecule has 1 aliphatic heterocycles. The number of rotatable bonds is 3. The van der Waals surface area contributed by atoms with E-state index in [4.69, 9.17) is 21.4 Å².